The van der Waals surface area contributed by atoms with Gasteiger partial charge in [-0.3, -0.25) is 4.79 Å². The lowest BCUT2D eigenvalue weighted by Crippen LogP contribution is -2.03. The van der Waals surface area contributed by atoms with E-state index in [9.17, 15) is 4.79 Å². The maximum Gasteiger partial charge on any atom is 0.305 e. The largest absolute Gasteiger partial charge is 0.469 e. The molecule has 64 valence electrons. The van der Waals surface area contributed by atoms with Gasteiger partial charge < -0.3 is 4.74 Å². The molecule has 0 saturated carbocycles. The number of carbonyl (C=O) groups excluding carboxylic acids is 1. The number of methoxy groups -OCH3 is 1. The minimum atomic E-state index is -0.234. The molecule has 12 heavy (non-hydrogen) atoms. The van der Waals surface area contributed by atoms with Crippen molar-refractivity contribution < 1.29 is 9.53 Å². The van der Waals surface area contributed by atoms with Crippen LogP contribution < -0.4 is 0 Å². The van der Waals surface area contributed by atoms with Crippen molar-refractivity contribution >= 4 is 5.97 Å². The van der Waals surface area contributed by atoms with Gasteiger partial charge in [-0.05, 0) is 6.07 Å². The van der Waals surface area contributed by atoms with Crippen molar-refractivity contribution in [2.75, 3.05) is 7.11 Å². The van der Waals surface area contributed by atoms with Gasteiger partial charge in [-0.25, -0.2) is 9.97 Å². The van der Waals surface area contributed by atoms with E-state index in [0.29, 0.717) is 18.7 Å². The number of carbonyl (C=O) groups is 1. The first-order valence-electron chi connectivity index (χ1n) is 3.65. The number of hydrogen-bond acceptors (Lipinski definition) is 4. The van der Waals surface area contributed by atoms with Crippen LogP contribution in [-0.4, -0.2) is 23.0 Å². The molecule has 0 fully saturated rings. The summed E-state index contributed by atoms with van der Waals surface area (Å²) in [6.45, 7) is 0. The molecular formula is C8H10N2O2. The van der Waals surface area contributed by atoms with Crippen LogP contribution in [-0.2, 0) is 16.0 Å². The number of aryl methyl sites for hydroxylation is 1. The summed E-state index contributed by atoms with van der Waals surface area (Å²) < 4.78 is 4.48. The third kappa shape index (κ3) is 2.65. The number of hydrogen-bond donors (Lipinski definition) is 0. The summed E-state index contributed by atoms with van der Waals surface area (Å²) in [6.07, 6.45) is 4.17. The lowest BCUT2D eigenvalue weighted by molar-refractivity contribution is -0.140. The van der Waals surface area contributed by atoms with E-state index in [1.165, 1.54) is 7.11 Å². The molecule has 4 nitrogen and oxygen atoms in total. The van der Waals surface area contributed by atoms with E-state index in [2.05, 4.69) is 14.7 Å². The zero-order valence-corrected chi connectivity index (χ0v) is 6.86. The highest BCUT2D eigenvalue weighted by atomic mass is 16.5. The summed E-state index contributed by atoms with van der Waals surface area (Å²) >= 11 is 0. The number of nitrogens with zero attached hydrogens (tertiary/aromatic N) is 2. The molecule has 1 aromatic rings. The first-order valence-corrected chi connectivity index (χ1v) is 3.65. The van der Waals surface area contributed by atoms with Crippen molar-refractivity contribution in [3.63, 3.8) is 0 Å². The Morgan fingerprint density at radius 1 is 1.50 bits per heavy atom. The molecule has 4 heteroatoms. The summed E-state index contributed by atoms with van der Waals surface area (Å²) in [5.74, 6) is 0.436. The van der Waals surface area contributed by atoms with Gasteiger partial charge in [0.15, 0.2) is 0 Å². The van der Waals surface area contributed by atoms with Gasteiger partial charge in [0.2, 0.25) is 0 Å². The van der Waals surface area contributed by atoms with E-state index >= 15 is 0 Å². The molecule has 0 radical (unpaired) electrons. The Bertz CT molecular complexity index is 248. The highest BCUT2D eigenvalue weighted by molar-refractivity contribution is 5.69. The maximum absolute atomic E-state index is 10.7. The van der Waals surface area contributed by atoms with Gasteiger partial charge in [0.05, 0.1) is 13.5 Å². The van der Waals surface area contributed by atoms with Crippen LogP contribution >= 0.6 is 0 Å². The van der Waals surface area contributed by atoms with Crippen LogP contribution in [0.4, 0.5) is 0 Å². The highest BCUT2D eigenvalue weighted by Gasteiger charge is 2.01. The van der Waals surface area contributed by atoms with Crippen molar-refractivity contribution in [2.45, 2.75) is 12.8 Å². The monoisotopic (exact) mass is 166 g/mol. The molecular weight excluding hydrogens is 156 g/mol. The SMILES string of the molecule is COC(=O)CCc1ncccn1. The summed E-state index contributed by atoms with van der Waals surface area (Å²) in [5.41, 5.74) is 0. The minimum absolute atomic E-state index is 0.234. The standard InChI is InChI=1S/C8H10N2O2/c1-12-8(11)4-3-7-9-5-2-6-10-7/h2,5-6H,3-4H2,1H3. The van der Waals surface area contributed by atoms with Crippen LogP contribution in [0.15, 0.2) is 18.5 Å². The first kappa shape index (κ1) is 8.64. The Morgan fingerprint density at radius 3 is 2.75 bits per heavy atom. The zero-order valence-electron chi connectivity index (χ0n) is 6.86. The molecule has 1 rings (SSSR count). The number of ether oxygens (including phenoxy) is 1. The summed E-state index contributed by atoms with van der Waals surface area (Å²) in [5, 5.41) is 0. The van der Waals surface area contributed by atoms with Crippen LogP contribution in [0, 0.1) is 0 Å². The van der Waals surface area contributed by atoms with Crippen molar-refractivity contribution in [3.8, 4) is 0 Å². The third-order valence-electron chi connectivity index (χ3n) is 1.40. The molecule has 0 atom stereocenters. The average molecular weight is 166 g/mol. The molecule has 0 aromatic carbocycles. The van der Waals surface area contributed by atoms with Crippen LogP contribution in [0.1, 0.15) is 12.2 Å². The maximum atomic E-state index is 10.7. The predicted octanol–water partition coefficient (Wildman–Crippen LogP) is 0.582. The third-order valence-corrected chi connectivity index (χ3v) is 1.40. The second-order valence-corrected chi connectivity index (χ2v) is 2.24. The molecule has 0 amide bonds. The molecule has 0 bridgehead atoms. The van der Waals surface area contributed by atoms with E-state index in [1.54, 1.807) is 18.5 Å². The fourth-order valence-electron chi connectivity index (χ4n) is 0.775. The fourth-order valence-corrected chi connectivity index (χ4v) is 0.775. The fraction of sp³-hybridized carbons (Fsp3) is 0.375. The molecule has 0 aliphatic carbocycles. The van der Waals surface area contributed by atoms with E-state index in [1.807, 2.05) is 0 Å². The highest BCUT2D eigenvalue weighted by Crippen LogP contribution is 1.94. The molecule has 1 aromatic heterocycles. The zero-order chi connectivity index (χ0) is 8.81. The average Bonchev–Trinajstić information content (AvgIpc) is 2.16. The molecule has 1 heterocycles. The van der Waals surface area contributed by atoms with E-state index in [-0.39, 0.29) is 5.97 Å². The van der Waals surface area contributed by atoms with Crippen molar-refractivity contribution in [3.05, 3.63) is 24.3 Å². The van der Waals surface area contributed by atoms with Gasteiger partial charge in [-0.2, -0.15) is 0 Å². The lowest BCUT2D eigenvalue weighted by atomic mass is 10.3. The number of rotatable bonds is 3. The number of aromatic nitrogens is 2. The Morgan fingerprint density at radius 2 is 2.17 bits per heavy atom. The van der Waals surface area contributed by atoms with Gasteiger partial charge in [0, 0.05) is 18.8 Å². The van der Waals surface area contributed by atoms with Gasteiger partial charge in [0.1, 0.15) is 5.82 Å². The van der Waals surface area contributed by atoms with E-state index < -0.39 is 0 Å². The Hall–Kier alpha value is -1.45. The summed E-state index contributed by atoms with van der Waals surface area (Å²) in [4.78, 5) is 18.6. The second-order valence-electron chi connectivity index (χ2n) is 2.24. The molecule has 0 unspecified atom stereocenters. The molecule has 0 spiro atoms. The van der Waals surface area contributed by atoms with Gasteiger partial charge in [-0.1, -0.05) is 0 Å². The van der Waals surface area contributed by atoms with E-state index in [4.69, 9.17) is 0 Å². The van der Waals surface area contributed by atoms with Crippen LogP contribution in [0.2, 0.25) is 0 Å². The van der Waals surface area contributed by atoms with Crippen LogP contribution in [0.5, 0.6) is 0 Å². The summed E-state index contributed by atoms with van der Waals surface area (Å²) in [6, 6.07) is 1.74. The van der Waals surface area contributed by atoms with Crippen molar-refractivity contribution in [1.82, 2.24) is 9.97 Å². The predicted molar refractivity (Wildman–Crippen MR) is 42.4 cm³/mol. The Balaban J connectivity index is 2.38. The Kier molecular flexibility index (Phi) is 3.19. The van der Waals surface area contributed by atoms with Gasteiger partial charge >= 0.3 is 5.97 Å². The van der Waals surface area contributed by atoms with Gasteiger partial charge in [-0.15, -0.1) is 0 Å². The van der Waals surface area contributed by atoms with Crippen LogP contribution in [0.25, 0.3) is 0 Å². The minimum Gasteiger partial charge on any atom is -0.469 e. The smallest absolute Gasteiger partial charge is 0.305 e. The second kappa shape index (κ2) is 4.43. The molecule has 0 saturated heterocycles. The van der Waals surface area contributed by atoms with Crippen molar-refractivity contribution in [2.24, 2.45) is 0 Å². The quantitative estimate of drug-likeness (QED) is 0.616. The number of esters is 1. The normalized spacial score (nSPS) is 9.42. The molecule has 0 N–H and O–H groups in total. The Labute approximate surface area is 70.6 Å². The van der Waals surface area contributed by atoms with Gasteiger partial charge in [0.25, 0.3) is 0 Å². The lowest BCUT2D eigenvalue weighted by Gasteiger charge is -1.97. The first-order chi connectivity index (χ1) is 5.83. The van der Waals surface area contributed by atoms with Crippen molar-refractivity contribution in [1.29, 1.82) is 0 Å². The van der Waals surface area contributed by atoms with Crippen LogP contribution in [0.3, 0.4) is 0 Å². The molecule has 0 aliphatic rings. The summed E-state index contributed by atoms with van der Waals surface area (Å²) in [7, 11) is 1.37. The topological polar surface area (TPSA) is 52.1 Å². The van der Waals surface area contributed by atoms with E-state index in [0.717, 1.165) is 0 Å². The molecule has 0 aliphatic heterocycles.